The van der Waals surface area contributed by atoms with E-state index in [2.05, 4.69) is 0 Å². The van der Waals surface area contributed by atoms with Gasteiger partial charge in [0.15, 0.2) is 6.29 Å². The third-order valence-corrected chi connectivity index (χ3v) is 3.99. The SMILES string of the molecule is OC1O[C@H](COCc2ccccc2)[C@H](OCc2ccccc2)[C@H]1O. The number of hydrogen-bond donors (Lipinski definition) is 2. The van der Waals surface area contributed by atoms with Crippen molar-refractivity contribution in [2.75, 3.05) is 6.61 Å². The highest BCUT2D eigenvalue weighted by molar-refractivity contribution is 5.14. The molecule has 1 fully saturated rings. The number of aliphatic hydroxyl groups excluding tert-OH is 2. The fraction of sp³-hybridized carbons (Fsp3) is 0.368. The molecule has 2 aromatic rings. The summed E-state index contributed by atoms with van der Waals surface area (Å²) in [7, 11) is 0. The molecule has 3 rings (SSSR count). The second kappa shape index (κ2) is 8.37. The Kier molecular flexibility index (Phi) is 5.96. The summed E-state index contributed by atoms with van der Waals surface area (Å²) in [5, 5.41) is 19.8. The van der Waals surface area contributed by atoms with Crippen molar-refractivity contribution in [2.45, 2.75) is 37.8 Å². The molecule has 2 N–H and O–H groups in total. The first kappa shape index (κ1) is 17.1. The summed E-state index contributed by atoms with van der Waals surface area (Å²) in [5.41, 5.74) is 2.05. The van der Waals surface area contributed by atoms with Crippen molar-refractivity contribution in [3.63, 3.8) is 0 Å². The summed E-state index contributed by atoms with van der Waals surface area (Å²) < 4.78 is 16.8. The number of hydrogen-bond acceptors (Lipinski definition) is 5. The lowest BCUT2D eigenvalue weighted by molar-refractivity contribution is -0.137. The van der Waals surface area contributed by atoms with Gasteiger partial charge in [0.05, 0.1) is 19.8 Å². The molecule has 1 aliphatic rings. The summed E-state index contributed by atoms with van der Waals surface area (Å²) in [6.07, 6.45) is -3.48. The third kappa shape index (κ3) is 4.41. The van der Waals surface area contributed by atoms with E-state index in [4.69, 9.17) is 14.2 Å². The topological polar surface area (TPSA) is 68.2 Å². The maximum absolute atomic E-state index is 10.1. The van der Waals surface area contributed by atoms with Crippen LogP contribution in [0.15, 0.2) is 60.7 Å². The van der Waals surface area contributed by atoms with Crippen molar-refractivity contribution in [2.24, 2.45) is 0 Å². The Morgan fingerprint density at radius 3 is 2.04 bits per heavy atom. The summed E-state index contributed by atoms with van der Waals surface area (Å²) in [6.45, 7) is 1.02. The van der Waals surface area contributed by atoms with Gasteiger partial charge in [0.1, 0.15) is 18.3 Å². The number of aliphatic hydroxyl groups is 2. The highest BCUT2D eigenvalue weighted by atomic mass is 16.7. The molecular weight excluding hydrogens is 308 g/mol. The Bertz CT molecular complexity index is 604. The summed E-state index contributed by atoms with van der Waals surface area (Å²) in [4.78, 5) is 0. The molecule has 0 spiro atoms. The number of rotatable bonds is 7. The number of ether oxygens (including phenoxy) is 3. The molecule has 0 radical (unpaired) electrons. The molecule has 4 atom stereocenters. The molecule has 0 aliphatic carbocycles. The minimum atomic E-state index is -1.25. The highest BCUT2D eigenvalue weighted by Gasteiger charge is 2.43. The molecule has 0 amide bonds. The summed E-state index contributed by atoms with van der Waals surface area (Å²) in [5.74, 6) is 0. The van der Waals surface area contributed by atoms with E-state index in [1.54, 1.807) is 0 Å². The first-order valence-electron chi connectivity index (χ1n) is 8.03. The monoisotopic (exact) mass is 330 g/mol. The van der Waals surface area contributed by atoms with Crippen molar-refractivity contribution in [1.29, 1.82) is 0 Å². The van der Waals surface area contributed by atoms with E-state index in [1.807, 2.05) is 60.7 Å². The van der Waals surface area contributed by atoms with Crippen LogP contribution in [0.3, 0.4) is 0 Å². The zero-order chi connectivity index (χ0) is 16.8. The van der Waals surface area contributed by atoms with E-state index in [1.165, 1.54) is 0 Å². The summed E-state index contributed by atoms with van der Waals surface area (Å²) >= 11 is 0. The van der Waals surface area contributed by atoms with Gasteiger partial charge in [-0.1, -0.05) is 60.7 Å². The smallest absolute Gasteiger partial charge is 0.184 e. The van der Waals surface area contributed by atoms with Crippen LogP contribution in [0.25, 0.3) is 0 Å². The Morgan fingerprint density at radius 1 is 0.833 bits per heavy atom. The molecule has 2 aromatic carbocycles. The predicted octanol–water partition coefficient (Wildman–Crippen LogP) is 1.87. The quantitative estimate of drug-likeness (QED) is 0.811. The molecule has 0 saturated carbocycles. The van der Waals surface area contributed by atoms with Gasteiger partial charge >= 0.3 is 0 Å². The standard InChI is InChI=1S/C19H22O5/c20-17-18(23-12-15-9-5-2-6-10-15)16(24-19(17)21)13-22-11-14-7-3-1-4-8-14/h1-10,16-21H,11-13H2/t16-,17-,18+,19?/m1/s1. The fourth-order valence-electron chi connectivity index (χ4n) is 2.69. The molecule has 5 heteroatoms. The van der Waals surface area contributed by atoms with E-state index in [9.17, 15) is 10.2 Å². The normalized spacial score (nSPS) is 26.6. The van der Waals surface area contributed by atoms with Crippen molar-refractivity contribution >= 4 is 0 Å². The Hall–Kier alpha value is -1.76. The number of benzene rings is 2. The van der Waals surface area contributed by atoms with Gasteiger partial charge in [0, 0.05) is 0 Å². The van der Waals surface area contributed by atoms with Crippen molar-refractivity contribution in [3.05, 3.63) is 71.8 Å². The minimum Gasteiger partial charge on any atom is -0.385 e. The second-order valence-electron chi connectivity index (χ2n) is 5.82. The van der Waals surface area contributed by atoms with Gasteiger partial charge in [-0.3, -0.25) is 0 Å². The van der Waals surface area contributed by atoms with Crippen LogP contribution in [0.2, 0.25) is 0 Å². The lowest BCUT2D eigenvalue weighted by Crippen LogP contribution is -2.37. The first-order chi connectivity index (χ1) is 11.7. The maximum atomic E-state index is 10.1. The van der Waals surface area contributed by atoms with Crippen LogP contribution < -0.4 is 0 Å². The highest BCUT2D eigenvalue weighted by Crippen LogP contribution is 2.24. The van der Waals surface area contributed by atoms with Gasteiger partial charge in [-0.2, -0.15) is 0 Å². The molecule has 1 unspecified atom stereocenters. The largest absolute Gasteiger partial charge is 0.385 e. The van der Waals surface area contributed by atoms with Gasteiger partial charge in [0.25, 0.3) is 0 Å². The van der Waals surface area contributed by atoms with Gasteiger partial charge in [-0.05, 0) is 11.1 Å². The molecular formula is C19H22O5. The zero-order valence-corrected chi connectivity index (χ0v) is 13.3. The van der Waals surface area contributed by atoms with Crippen LogP contribution >= 0.6 is 0 Å². The van der Waals surface area contributed by atoms with Crippen molar-refractivity contribution < 1.29 is 24.4 Å². The van der Waals surface area contributed by atoms with Crippen LogP contribution in [-0.4, -0.2) is 41.4 Å². The average molecular weight is 330 g/mol. The van der Waals surface area contributed by atoms with Crippen LogP contribution in [0, 0.1) is 0 Å². The first-order valence-corrected chi connectivity index (χ1v) is 8.03. The van der Waals surface area contributed by atoms with Crippen LogP contribution in [0.5, 0.6) is 0 Å². The summed E-state index contributed by atoms with van der Waals surface area (Å²) in [6, 6.07) is 19.5. The van der Waals surface area contributed by atoms with E-state index in [-0.39, 0.29) is 6.61 Å². The maximum Gasteiger partial charge on any atom is 0.184 e. The lowest BCUT2D eigenvalue weighted by atomic mass is 10.1. The molecule has 5 nitrogen and oxygen atoms in total. The van der Waals surface area contributed by atoms with Crippen molar-refractivity contribution in [1.82, 2.24) is 0 Å². The third-order valence-electron chi connectivity index (χ3n) is 3.99. The Balaban J connectivity index is 1.52. The van der Waals surface area contributed by atoms with Crippen LogP contribution in [0.4, 0.5) is 0 Å². The molecule has 128 valence electrons. The molecule has 1 aliphatic heterocycles. The molecule has 1 saturated heterocycles. The fourth-order valence-corrected chi connectivity index (χ4v) is 2.69. The van der Waals surface area contributed by atoms with Gasteiger partial charge in [-0.15, -0.1) is 0 Å². The molecule has 0 bridgehead atoms. The van der Waals surface area contributed by atoms with E-state index in [0.717, 1.165) is 11.1 Å². The Morgan fingerprint density at radius 2 is 1.42 bits per heavy atom. The molecule has 0 aromatic heterocycles. The van der Waals surface area contributed by atoms with Crippen LogP contribution in [0.1, 0.15) is 11.1 Å². The molecule has 24 heavy (non-hydrogen) atoms. The van der Waals surface area contributed by atoms with Crippen molar-refractivity contribution in [3.8, 4) is 0 Å². The lowest BCUT2D eigenvalue weighted by Gasteiger charge is -2.20. The minimum absolute atomic E-state index is 0.239. The van der Waals surface area contributed by atoms with Gasteiger partial charge < -0.3 is 24.4 Å². The average Bonchev–Trinajstić information content (AvgIpc) is 2.89. The van der Waals surface area contributed by atoms with E-state index >= 15 is 0 Å². The predicted molar refractivity (Wildman–Crippen MR) is 88.0 cm³/mol. The van der Waals surface area contributed by atoms with Gasteiger partial charge in [0.2, 0.25) is 0 Å². The Labute approximate surface area is 141 Å². The zero-order valence-electron chi connectivity index (χ0n) is 13.3. The molecule has 1 heterocycles. The van der Waals surface area contributed by atoms with Crippen LogP contribution in [-0.2, 0) is 27.4 Å². The van der Waals surface area contributed by atoms with E-state index in [0.29, 0.717) is 13.2 Å². The van der Waals surface area contributed by atoms with Gasteiger partial charge in [-0.25, -0.2) is 0 Å². The second-order valence-corrected chi connectivity index (χ2v) is 5.82. The van der Waals surface area contributed by atoms with E-state index < -0.39 is 24.6 Å².